The van der Waals surface area contributed by atoms with E-state index in [4.69, 9.17) is 16.1 Å². The van der Waals surface area contributed by atoms with Gasteiger partial charge >= 0.3 is 0 Å². The Kier molecular flexibility index (Phi) is 9.40. The first kappa shape index (κ1) is 23.2. The number of aromatic nitrogens is 2. The fourth-order valence-corrected chi connectivity index (χ4v) is 2.91. The number of rotatable bonds is 7. The molecule has 0 saturated carbocycles. The minimum absolute atomic E-state index is 0. The van der Waals surface area contributed by atoms with Crippen LogP contribution in [0.15, 0.2) is 64.1 Å². The van der Waals surface area contributed by atoms with Crippen molar-refractivity contribution in [3.63, 3.8) is 0 Å². The summed E-state index contributed by atoms with van der Waals surface area (Å²) in [5, 5.41) is 11.3. The zero-order chi connectivity index (χ0) is 19.8. The summed E-state index contributed by atoms with van der Waals surface area (Å²) in [4.78, 5) is 9.04. The van der Waals surface area contributed by atoms with Crippen LogP contribution in [0.25, 0.3) is 11.4 Å². The van der Waals surface area contributed by atoms with Crippen LogP contribution in [0.3, 0.4) is 0 Å². The summed E-state index contributed by atoms with van der Waals surface area (Å²) >= 11 is 6.02. The van der Waals surface area contributed by atoms with Gasteiger partial charge in [0.15, 0.2) is 5.96 Å². The smallest absolute Gasteiger partial charge is 0.228 e. The summed E-state index contributed by atoms with van der Waals surface area (Å²) in [5.41, 5.74) is 2.04. The fraction of sp³-hybridized carbons (Fsp3) is 0.286. The molecule has 1 aromatic heterocycles. The highest BCUT2D eigenvalue weighted by Crippen LogP contribution is 2.20. The van der Waals surface area contributed by atoms with Gasteiger partial charge in [0.1, 0.15) is 0 Å². The number of aliphatic imine (C=N–C) groups is 1. The molecule has 2 aromatic carbocycles. The lowest BCUT2D eigenvalue weighted by Gasteiger charge is -2.18. The van der Waals surface area contributed by atoms with E-state index in [0.29, 0.717) is 29.7 Å². The van der Waals surface area contributed by atoms with Crippen molar-refractivity contribution in [1.82, 2.24) is 20.8 Å². The third-order valence-corrected chi connectivity index (χ3v) is 4.38. The summed E-state index contributed by atoms with van der Waals surface area (Å²) in [6, 6.07) is 17.8. The Bertz CT molecular complexity index is 916. The van der Waals surface area contributed by atoms with E-state index in [1.165, 1.54) is 5.56 Å². The SMILES string of the molecule is CCNC(=NCCc1nc(-c2cccc(Cl)c2)no1)NC(C)c1ccccc1.I. The molecule has 0 bridgehead atoms. The molecule has 0 spiro atoms. The predicted octanol–water partition coefficient (Wildman–Crippen LogP) is 4.87. The maximum Gasteiger partial charge on any atom is 0.228 e. The Hall–Kier alpha value is -2.13. The average Bonchev–Trinajstić information content (AvgIpc) is 3.18. The van der Waals surface area contributed by atoms with Crippen molar-refractivity contribution in [2.75, 3.05) is 13.1 Å². The van der Waals surface area contributed by atoms with Gasteiger partial charge in [0.05, 0.1) is 12.6 Å². The second kappa shape index (κ2) is 11.8. The Labute approximate surface area is 193 Å². The molecule has 0 fully saturated rings. The number of hydrogen-bond donors (Lipinski definition) is 2. The monoisotopic (exact) mass is 525 g/mol. The van der Waals surface area contributed by atoms with E-state index in [0.717, 1.165) is 18.1 Å². The number of nitrogens with one attached hydrogen (secondary N) is 2. The number of guanidine groups is 1. The van der Waals surface area contributed by atoms with Gasteiger partial charge in [-0.25, -0.2) is 0 Å². The Balaban J connectivity index is 0.00000300. The van der Waals surface area contributed by atoms with E-state index in [9.17, 15) is 0 Å². The lowest BCUT2D eigenvalue weighted by molar-refractivity contribution is 0.380. The Morgan fingerprint density at radius 2 is 1.97 bits per heavy atom. The standard InChI is InChI=1S/C21H24ClN5O.HI/c1-3-23-21(25-15(2)16-8-5-4-6-9-16)24-13-12-19-26-20(27-28-19)17-10-7-11-18(22)14-17;/h4-11,14-15H,3,12-13H2,1-2H3,(H2,23,24,25);1H. The summed E-state index contributed by atoms with van der Waals surface area (Å²) in [7, 11) is 0. The molecule has 1 unspecified atom stereocenters. The second-order valence-electron chi connectivity index (χ2n) is 6.31. The van der Waals surface area contributed by atoms with E-state index in [1.54, 1.807) is 0 Å². The molecule has 3 rings (SSSR count). The van der Waals surface area contributed by atoms with E-state index < -0.39 is 0 Å². The number of nitrogens with zero attached hydrogens (tertiary/aromatic N) is 3. The molecule has 1 atom stereocenters. The van der Waals surface area contributed by atoms with Gasteiger partial charge in [-0.2, -0.15) is 4.98 Å². The van der Waals surface area contributed by atoms with Crippen LogP contribution in [0.4, 0.5) is 0 Å². The molecule has 0 aliphatic rings. The zero-order valence-corrected chi connectivity index (χ0v) is 19.5. The lowest BCUT2D eigenvalue weighted by Crippen LogP contribution is -2.38. The molecular formula is C21H25ClIN5O. The molecule has 0 radical (unpaired) electrons. The van der Waals surface area contributed by atoms with E-state index in [2.05, 4.69) is 44.8 Å². The summed E-state index contributed by atoms with van der Waals surface area (Å²) in [5.74, 6) is 1.84. The predicted molar refractivity (Wildman–Crippen MR) is 128 cm³/mol. The zero-order valence-electron chi connectivity index (χ0n) is 16.4. The molecule has 0 saturated heterocycles. The van der Waals surface area contributed by atoms with Crippen LogP contribution in [-0.4, -0.2) is 29.2 Å². The molecule has 3 aromatic rings. The van der Waals surface area contributed by atoms with Gasteiger partial charge in [0, 0.05) is 23.6 Å². The van der Waals surface area contributed by atoms with Crippen molar-refractivity contribution < 1.29 is 4.52 Å². The normalized spacial score (nSPS) is 12.2. The van der Waals surface area contributed by atoms with Crippen LogP contribution in [-0.2, 0) is 6.42 Å². The first-order chi connectivity index (χ1) is 13.7. The van der Waals surface area contributed by atoms with Crippen molar-refractivity contribution in [2.24, 2.45) is 4.99 Å². The van der Waals surface area contributed by atoms with Gasteiger partial charge in [-0.15, -0.1) is 24.0 Å². The fourth-order valence-electron chi connectivity index (χ4n) is 2.71. The molecular weight excluding hydrogens is 501 g/mol. The third kappa shape index (κ3) is 7.01. The van der Waals surface area contributed by atoms with Gasteiger partial charge in [-0.05, 0) is 31.5 Å². The van der Waals surface area contributed by atoms with Crippen LogP contribution in [0.1, 0.15) is 31.3 Å². The van der Waals surface area contributed by atoms with Crippen LogP contribution in [0.5, 0.6) is 0 Å². The second-order valence-corrected chi connectivity index (χ2v) is 6.75. The minimum Gasteiger partial charge on any atom is -0.357 e. The molecule has 8 heteroatoms. The van der Waals surface area contributed by atoms with Crippen molar-refractivity contribution >= 4 is 41.5 Å². The summed E-state index contributed by atoms with van der Waals surface area (Å²) in [6.45, 7) is 5.47. The molecule has 1 heterocycles. The largest absolute Gasteiger partial charge is 0.357 e. The van der Waals surface area contributed by atoms with Crippen LogP contribution in [0.2, 0.25) is 5.02 Å². The number of hydrogen-bond acceptors (Lipinski definition) is 4. The van der Waals surface area contributed by atoms with E-state index in [-0.39, 0.29) is 30.0 Å². The maximum absolute atomic E-state index is 6.02. The highest BCUT2D eigenvalue weighted by Gasteiger charge is 2.10. The first-order valence-corrected chi connectivity index (χ1v) is 9.72. The highest BCUT2D eigenvalue weighted by atomic mass is 127. The quantitative estimate of drug-likeness (QED) is 0.262. The van der Waals surface area contributed by atoms with Crippen molar-refractivity contribution in [1.29, 1.82) is 0 Å². The van der Waals surface area contributed by atoms with E-state index >= 15 is 0 Å². The minimum atomic E-state index is 0. The lowest BCUT2D eigenvalue weighted by atomic mass is 10.1. The molecule has 6 nitrogen and oxygen atoms in total. The van der Waals surface area contributed by atoms with Crippen molar-refractivity contribution in [3.05, 3.63) is 71.1 Å². The summed E-state index contributed by atoms with van der Waals surface area (Å²) in [6.07, 6.45) is 0.559. The van der Waals surface area contributed by atoms with Gasteiger partial charge in [0.25, 0.3) is 0 Å². The van der Waals surface area contributed by atoms with Crippen molar-refractivity contribution in [3.8, 4) is 11.4 Å². The van der Waals surface area contributed by atoms with Gasteiger partial charge in [-0.1, -0.05) is 59.2 Å². The molecule has 154 valence electrons. The first-order valence-electron chi connectivity index (χ1n) is 9.34. The number of halogens is 2. The molecule has 2 N–H and O–H groups in total. The van der Waals surface area contributed by atoms with Crippen LogP contribution < -0.4 is 10.6 Å². The summed E-state index contributed by atoms with van der Waals surface area (Å²) < 4.78 is 5.34. The Morgan fingerprint density at radius 1 is 1.17 bits per heavy atom. The highest BCUT2D eigenvalue weighted by molar-refractivity contribution is 14.0. The third-order valence-electron chi connectivity index (χ3n) is 4.14. The average molecular weight is 526 g/mol. The molecule has 29 heavy (non-hydrogen) atoms. The molecule has 0 aliphatic carbocycles. The topological polar surface area (TPSA) is 75.3 Å². The number of benzene rings is 2. The maximum atomic E-state index is 6.02. The van der Waals surface area contributed by atoms with E-state index in [1.807, 2.05) is 49.4 Å². The van der Waals surface area contributed by atoms with Gasteiger partial charge < -0.3 is 15.2 Å². The van der Waals surface area contributed by atoms with Crippen LogP contribution in [0, 0.1) is 0 Å². The Morgan fingerprint density at radius 3 is 2.69 bits per heavy atom. The van der Waals surface area contributed by atoms with Gasteiger partial charge in [0.2, 0.25) is 11.7 Å². The van der Waals surface area contributed by atoms with Crippen molar-refractivity contribution in [2.45, 2.75) is 26.3 Å². The van der Waals surface area contributed by atoms with Gasteiger partial charge in [-0.3, -0.25) is 4.99 Å². The molecule has 0 amide bonds. The molecule has 0 aliphatic heterocycles. The van der Waals surface area contributed by atoms with Crippen LogP contribution >= 0.6 is 35.6 Å².